The van der Waals surface area contributed by atoms with Crippen LogP contribution in [0.2, 0.25) is 0 Å². The number of amides is 1. The van der Waals surface area contributed by atoms with Gasteiger partial charge in [0.15, 0.2) is 17.2 Å². The van der Waals surface area contributed by atoms with E-state index in [1.165, 1.54) is 10.9 Å². The van der Waals surface area contributed by atoms with Crippen LogP contribution in [0.15, 0.2) is 52.2 Å². The molecule has 13 heteroatoms. The van der Waals surface area contributed by atoms with Gasteiger partial charge in [0.05, 0.1) is 12.8 Å². The summed E-state index contributed by atoms with van der Waals surface area (Å²) in [5, 5.41) is 19.4. The maximum absolute atomic E-state index is 13.0. The zero-order valence-corrected chi connectivity index (χ0v) is 17.8. The van der Waals surface area contributed by atoms with Crippen LogP contribution in [-0.4, -0.2) is 50.8 Å². The minimum atomic E-state index is -0.601. The van der Waals surface area contributed by atoms with E-state index in [1.807, 2.05) is 31.2 Å². The van der Waals surface area contributed by atoms with Crippen molar-refractivity contribution in [1.82, 2.24) is 30.7 Å². The molecule has 1 aliphatic rings. The molecule has 172 valence electrons. The van der Waals surface area contributed by atoms with Gasteiger partial charge in [0.1, 0.15) is 11.4 Å². The Kier molecular flexibility index (Phi) is 5.48. The molecule has 13 nitrogen and oxygen atoms in total. The maximum Gasteiger partial charge on any atom is 0.294 e. The average Bonchev–Trinajstić information content (AvgIpc) is 3.58. The second-order valence-electron chi connectivity index (χ2n) is 6.94. The third-order valence-corrected chi connectivity index (χ3v) is 4.80. The first-order valence-electron chi connectivity index (χ1n) is 10.1. The van der Waals surface area contributed by atoms with Gasteiger partial charge in [0, 0.05) is 5.56 Å². The van der Waals surface area contributed by atoms with Crippen LogP contribution in [0.4, 0.5) is 5.82 Å². The van der Waals surface area contributed by atoms with Gasteiger partial charge < -0.3 is 19.9 Å². The summed E-state index contributed by atoms with van der Waals surface area (Å²) >= 11 is 0. The molecule has 2 aromatic heterocycles. The second kappa shape index (κ2) is 8.90. The molecule has 0 saturated heterocycles. The minimum Gasteiger partial charge on any atom is -0.494 e. The highest BCUT2D eigenvalue weighted by Gasteiger charge is 2.26. The minimum absolute atomic E-state index is 0.0210. The Balaban J connectivity index is 1.44. The number of aromatic nitrogens is 5. The molecular formula is C21H18N8O5. The van der Waals surface area contributed by atoms with Gasteiger partial charge in [-0.05, 0) is 65.3 Å². The number of hydrogen-bond donors (Lipinski definition) is 2. The van der Waals surface area contributed by atoms with E-state index in [1.54, 1.807) is 18.2 Å². The second-order valence-corrected chi connectivity index (χ2v) is 6.94. The van der Waals surface area contributed by atoms with Gasteiger partial charge in [-0.25, -0.2) is 10.1 Å². The first-order valence-corrected chi connectivity index (χ1v) is 10.1. The molecule has 0 spiro atoms. The van der Waals surface area contributed by atoms with Crippen LogP contribution in [0.5, 0.6) is 17.2 Å². The van der Waals surface area contributed by atoms with Crippen LogP contribution in [0.3, 0.4) is 0 Å². The molecule has 0 aliphatic carbocycles. The van der Waals surface area contributed by atoms with Crippen LogP contribution in [0, 0.1) is 0 Å². The van der Waals surface area contributed by atoms with E-state index in [0.717, 1.165) is 11.3 Å². The van der Waals surface area contributed by atoms with Crippen molar-refractivity contribution >= 4 is 17.9 Å². The highest BCUT2D eigenvalue weighted by molar-refractivity contribution is 5.99. The molecule has 3 heterocycles. The topological polar surface area (TPSA) is 165 Å². The lowest BCUT2D eigenvalue weighted by molar-refractivity contribution is 0.0950. The third kappa shape index (κ3) is 3.97. The van der Waals surface area contributed by atoms with Crippen molar-refractivity contribution in [2.75, 3.05) is 19.1 Å². The number of nitrogens with one attached hydrogen (secondary N) is 1. The predicted molar refractivity (Wildman–Crippen MR) is 118 cm³/mol. The number of ether oxygens (including phenoxy) is 3. The van der Waals surface area contributed by atoms with Crippen LogP contribution in [-0.2, 0) is 0 Å². The fraction of sp³-hybridized carbons (Fsp3) is 0.143. The molecule has 0 radical (unpaired) electrons. The molecule has 3 N–H and O–H groups in total. The third-order valence-electron chi connectivity index (χ3n) is 4.80. The highest BCUT2D eigenvalue weighted by atomic mass is 16.7. The molecule has 1 amide bonds. The SMILES string of the molecule is CCOc1ccc(/C=N\NC(=O)c2nnn(-c3nonc3N)c2-c2ccc3c(c2)OCO3)cc1. The first kappa shape index (κ1) is 20.9. The molecule has 0 atom stereocenters. The summed E-state index contributed by atoms with van der Waals surface area (Å²) in [6, 6.07) is 12.4. The molecule has 1 aliphatic heterocycles. The number of hydrazone groups is 1. The van der Waals surface area contributed by atoms with Gasteiger partial charge in [-0.15, -0.1) is 5.10 Å². The monoisotopic (exact) mass is 462 g/mol. The summed E-state index contributed by atoms with van der Waals surface area (Å²) in [6.45, 7) is 2.59. The number of benzene rings is 2. The number of anilines is 1. The van der Waals surface area contributed by atoms with E-state index in [-0.39, 0.29) is 29.8 Å². The zero-order chi connectivity index (χ0) is 23.5. The number of rotatable bonds is 7. The number of hydrogen-bond acceptors (Lipinski definition) is 11. The fourth-order valence-electron chi connectivity index (χ4n) is 3.26. The number of carbonyl (C=O) groups is 1. The largest absolute Gasteiger partial charge is 0.494 e. The van der Waals surface area contributed by atoms with E-state index in [9.17, 15) is 4.79 Å². The molecule has 0 bridgehead atoms. The van der Waals surface area contributed by atoms with Gasteiger partial charge in [0.25, 0.3) is 5.91 Å². The summed E-state index contributed by atoms with van der Waals surface area (Å²) in [5.74, 6) is 1.30. The van der Waals surface area contributed by atoms with Gasteiger partial charge >= 0.3 is 0 Å². The fourth-order valence-corrected chi connectivity index (χ4v) is 3.26. The van der Waals surface area contributed by atoms with E-state index in [0.29, 0.717) is 23.7 Å². The lowest BCUT2D eigenvalue weighted by atomic mass is 10.1. The lowest BCUT2D eigenvalue weighted by Gasteiger charge is -2.07. The molecule has 34 heavy (non-hydrogen) atoms. The Labute approximate surface area is 192 Å². The quantitative estimate of drug-likeness (QED) is 0.305. The normalized spacial score (nSPS) is 12.3. The summed E-state index contributed by atoms with van der Waals surface area (Å²) < 4.78 is 22.2. The summed E-state index contributed by atoms with van der Waals surface area (Å²) in [4.78, 5) is 13.0. The molecule has 0 fully saturated rings. The van der Waals surface area contributed by atoms with E-state index in [2.05, 4.69) is 35.8 Å². The average molecular weight is 462 g/mol. The Hall–Kier alpha value is -4.94. The molecular weight excluding hydrogens is 444 g/mol. The number of carbonyl (C=O) groups excluding carboxylic acids is 1. The van der Waals surface area contributed by atoms with Crippen LogP contribution in [0.25, 0.3) is 17.1 Å². The Morgan fingerprint density at radius 2 is 2.03 bits per heavy atom. The Bertz CT molecular complexity index is 1360. The zero-order valence-electron chi connectivity index (χ0n) is 17.8. The highest BCUT2D eigenvalue weighted by Crippen LogP contribution is 2.37. The number of fused-ring (bicyclic) bond motifs is 1. The van der Waals surface area contributed by atoms with E-state index >= 15 is 0 Å². The van der Waals surface area contributed by atoms with Crippen molar-refractivity contribution in [2.45, 2.75) is 6.92 Å². The van der Waals surface area contributed by atoms with E-state index < -0.39 is 5.91 Å². The summed E-state index contributed by atoms with van der Waals surface area (Å²) in [5.41, 5.74) is 9.88. The number of nitrogen functional groups attached to an aromatic ring is 1. The van der Waals surface area contributed by atoms with Crippen molar-refractivity contribution in [3.63, 3.8) is 0 Å². The van der Waals surface area contributed by atoms with Crippen molar-refractivity contribution < 1.29 is 23.6 Å². The Morgan fingerprint density at radius 1 is 1.21 bits per heavy atom. The standard InChI is InChI=1S/C21H18N8O5/c1-2-31-14-6-3-12(4-7-14)10-23-25-21(30)17-18(13-5-8-15-16(9-13)33-11-32-15)29(28-24-17)20-19(22)26-34-27-20/h3-10H,2,11H2,1H3,(H2,22,26)(H,25,30)/b23-10-. The summed E-state index contributed by atoms with van der Waals surface area (Å²) in [6.07, 6.45) is 1.50. The van der Waals surface area contributed by atoms with Crippen molar-refractivity contribution in [3.05, 3.63) is 53.7 Å². The number of nitrogens with zero attached hydrogens (tertiary/aromatic N) is 6. The summed E-state index contributed by atoms with van der Waals surface area (Å²) in [7, 11) is 0. The van der Waals surface area contributed by atoms with Gasteiger partial charge in [0.2, 0.25) is 18.4 Å². The van der Waals surface area contributed by atoms with Crippen LogP contribution >= 0.6 is 0 Å². The first-order chi connectivity index (χ1) is 16.6. The van der Waals surface area contributed by atoms with Crippen LogP contribution in [0.1, 0.15) is 23.0 Å². The maximum atomic E-state index is 13.0. The van der Waals surface area contributed by atoms with Gasteiger partial charge in [-0.3, -0.25) is 4.79 Å². The van der Waals surface area contributed by atoms with Crippen molar-refractivity contribution in [1.29, 1.82) is 0 Å². The number of nitrogens with two attached hydrogens (primary N) is 1. The molecule has 4 aromatic rings. The van der Waals surface area contributed by atoms with Crippen molar-refractivity contribution in [2.24, 2.45) is 5.10 Å². The lowest BCUT2D eigenvalue weighted by Crippen LogP contribution is -2.19. The molecule has 0 unspecified atom stereocenters. The Morgan fingerprint density at radius 3 is 2.79 bits per heavy atom. The van der Waals surface area contributed by atoms with E-state index in [4.69, 9.17) is 19.9 Å². The van der Waals surface area contributed by atoms with Gasteiger partial charge in [-0.2, -0.15) is 9.78 Å². The van der Waals surface area contributed by atoms with Gasteiger partial charge in [-0.1, -0.05) is 5.21 Å². The molecule has 5 rings (SSSR count). The van der Waals surface area contributed by atoms with Crippen molar-refractivity contribution in [3.8, 4) is 34.3 Å². The van der Waals surface area contributed by atoms with Crippen LogP contribution < -0.4 is 25.4 Å². The smallest absolute Gasteiger partial charge is 0.294 e. The predicted octanol–water partition coefficient (Wildman–Crippen LogP) is 1.79. The molecule has 0 saturated carbocycles. The molecule has 2 aromatic carbocycles.